The standard InChI is InChI=1S/C16H25NO2/c1-11-4-6-14(8-12(11)2)17-10-13-5-7-15(19-3)9-16(13)18/h5,7,9,11-12,14,17-18H,4,6,8,10H2,1-3H3. The zero-order valence-electron chi connectivity index (χ0n) is 12.1. The first kappa shape index (κ1) is 14.2. The largest absolute Gasteiger partial charge is 0.507 e. The van der Waals surface area contributed by atoms with Gasteiger partial charge in [0.1, 0.15) is 11.5 Å². The summed E-state index contributed by atoms with van der Waals surface area (Å²) in [6.07, 6.45) is 3.77. The SMILES string of the molecule is COc1ccc(CNC2CCC(C)C(C)C2)c(O)c1. The zero-order valence-corrected chi connectivity index (χ0v) is 12.1. The molecule has 106 valence electrons. The van der Waals surface area contributed by atoms with Gasteiger partial charge in [-0.1, -0.05) is 19.9 Å². The molecule has 1 aliphatic rings. The van der Waals surface area contributed by atoms with Gasteiger partial charge in [0, 0.05) is 24.2 Å². The number of hydrogen-bond donors (Lipinski definition) is 2. The molecule has 0 amide bonds. The van der Waals surface area contributed by atoms with Crippen LogP contribution in [-0.4, -0.2) is 18.3 Å². The first-order valence-electron chi connectivity index (χ1n) is 7.19. The number of methoxy groups -OCH3 is 1. The quantitative estimate of drug-likeness (QED) is 0.875. The van der Waals surface area contributed by atoms with Gasteiger partial charge in [0.15, 0.2) is 0 Å². The molecule has 1 aromatic carbocycles. The molecule has 0 saturated heterocycles. The first-order valence-corrected chi connectivity index (χ1v) is 7.19. The topological polar surface area (TPSA) is 41.5 Å². The van der Waals surface area contributed by atoms with E-state index in [4.69, 9.17) is 4.74 Å². The fourth-order valence-corrected chi connectivity index (χ4v) is 2.81. The Morgan fingerprint density at radius 1 is 1.26 bits per heavy atom. The maximum Gasteiger partial charge on any atom is 0.123 e. The molecule has 3 atom stereocenters. The minimum atomic E-state index is 0.309. The highest BCUT2D eigenvalue weighted by Gasteiger charge is 2.24. The second kappa shape index (κ2) is 6.29. The monoisotopic (exact) mass is 263 g/mol. The van der Waals surface area contributed by atoms with Crippen LogP contribution in [0.2, 0.25) is 0 Å². The number of phenolic OH excluding ortho intramolecular Hbond substituents is 1. The molecule has 1 aliphatic carbocycles. The van der Waals surface area contributed by atoms with Gasteiger partial charge in [-0.15, -0.1) is 0 Å². The third-order valence-electron chi connectivity index (χ3n) is 4.47. The zero-order chi connectivity index (χ0) is 13.8. The van der Waals surface area contributed by atoms with Gasteiger partial charge in [0.2, 0.25) is 0 Å². The molecular formula is C16H25NO2. The summed E-state index contributed by atoms with van der Waals surface area (Å²) in [7, 11) is 1.61. The highest BCUT2D eigenvalue weighted by Crippen LogP contribution is 2.30. The number of rotatable bonds is 4. The smallest absolute Gasteiger partial charge is 0.123 e. The summed E-state index contributed by atoms with van der Waals surface area (Å²) in [5.74, 6) is 2.63. The van der Waals surface area contributed by atoms with E-state index < -0.39 is 0 Å². The van der Waals surface area contributed by atoms with Crippen molar-refractivity contribution >= 4 is 0 Å². The number of nitrogens with one attached hydrogen (secondary N) is 1. The molecule has 0 heterocycles. The summed E-state index contributed by atoms with van der Waals surface area (Å²) in [5, 5.41) is 13.5. The van der Waals surface area contributed by atoms with Gasteiger partial charge in [0.25, 0.3) is 0 Å². The van der Waals surface area contributed by atoms with E-state index in [1.165, 1.54) is 19.3 Å². The van der Waals surface area contributed by atoms with E-state index in [0.29, 0.717) is 17.5 Å². The van der Waals surface area contributed by atoms with E-state index in [0.717, 1.165) is 23.9 Å². The van der Waals surface area contributed by atoms with Crippen LogP contribution in [-0.2, 0) is 6.54 Å². The van der Waals surface area contributed by atoms with E-state index in [1.807, 2.05) is 12.1 Å². The second-order valence-electron chi connectivity index (χ2n) is 5.84. The Morgan fingerprint density at radius 3 is 2.68 bits per heavy atom. The summed E-state index contributed by atoms with van der Waals surface area (Å²) in [5.41, 5.74) is 0.937. The normalized spacial score (nSPS) is 27.2. The van der Waals surface area contributed by atoms with E-state index in [9.17, 15) is 5.11 Å². The van der Waals surface area contributed by atoms with Crippen LogP contribution in [0.5, 0.6) is 11.5 Å². The third-order valence-corrected chi connectivity index (χ3v) is 4.47. The fraction of sp³-hybridized carbons (Fsp3) is 0.625. The van der Waals surface area contributed by atoms with Crippen LogP contribution in [0.15, 0.2) is 18.2 Å². The average molecular weight is 263 g/mol. The summed E-state index contributed by atoms with van der Waals surface area (Å²) >= 11 is 0. The van der Waals surface area contributed by atoms with E-state index >= 15 is 0 Å². The number of hydrogen-bond acceptors (Lipinski definition) is 3. The van der Waals surface area contributed by atoms with Gasteiger partial charge in [-0.2, -0.15) is 0 Å². The predicted octanol–water partition coefficient (Wildman–Crippen LogP) is 3.32. The highest BCUT2D eigenvalue weighted by atomic mass is 16.5. The predicted molar refractivity (Wildman–Crippen MR) is 77.5 cm³/mol. The Kier molecular flexibility index (Phi) is 4.70. The van der Waals surface area contributed by atoms with Gasteiger partial charge in [-0.25, -0.2) is 0 Å². The molecule has 0 spiro atoms. The summed E-state index contributed by atoms with van der Waals surface area (Å²) in [4.78, 5) is 0. The lowest BCUT2D eigenvalue weighted by Crippen LogP contribution is -2.35. The Morgan fingerprint density at radius 2 is 2.05 bits per heavy atom. The van der Waals surface area contributed by atoms with Gasteiger partial charge >= 0.3 is 0 Å². The lowest BCUT2D eigenvalue weighted by atomic mass is 9.79. The van der Waals surface area contributed by atoms with E-state index in [1.54, 1.807) is 13.2 Å². The van der Waals surface area contributed by atoms with Crippen molar-refractivity contribution < 1.29 is 9.84 Å². The molecule has 2 rings (SSSR count). The highest BCUT2D eigenvalue weighted by molar-refractivity contribution is 5.39. The van der Waals surface area contributed by atoms with Gasteiger partial charge in [-0.3, -0.25) is 0 Å². The van der Waals surface area contributed by atoms with Crippen molar-refractivity contribution in [2.24, 2.45) is 11.8 Å². The molecule has 3 unspecified atom stereocenters. The van der Waals surface area contributed by atoms with Crippen molar-refractivity contribution in [2.45, 2.75) is 45.7 Å². The Labute approximate surface area is 116 Å². The Bertz CT molecular complexity index is 419. The van der Waals surface area contributed by atoms with Crippen LogP contribution < -0.4 is 10.1 Å². The van der Waals surface area contributed by atoms with Gasteiger partial charge < -0.3 is 15.2 Å². The molecule has 2 N–H and O–H groups in total. The summed E-state index contributed by atoms with van der Waals surface area (Å²) in [6, 6.07) is 6.06. The van der Waals surface area contributed by atoms with Crippen molar-refractivity contribution in [1.82, 2.24) is 5.32 Å². The van der Waals surface area contributed by atoms with Gasteiger partial charge in [0.05, 0.1) is 7.11 Å². The Hall–Kier alpha value is -1.22. The lowest BCUT2D eigenvalue weighted by Gasteiger charge is -2.32. The van der Waals surface area contributed by atoms with Crippen LogP contribution in [0, 0.1) is 11.8 Å². The minimum absolute atomic E-state index is 0.309. The molecule has 1 aromatic rings. The van der Waals surface area contributed by atoms with E-state index in [-0.39, 0.29) is 0 Å². The van der Waals surface area contributed by atoms with Gasteiger partial charge in [-0.05, 0) is 37.2 Å². The molecular weight excluding hydrogens is 238 g/mol. The first-order chi connectivity index (χ1) is 9.10. The van der Waals surface area contributed by atoms with Crippen molar-refractivity contribution in [3.63, 3.8) is 0 Å². The fourth-order valence-electron chi connectivity index (χ4n) is 2.81. The summed E-state index contributed by atoms with van der Waals surface area (Å²) in [6.45, 7) is 5.40. The molecule has 3 nitrogen and oxygen atoms in total. The maximum atomic E-state index is 9.93. The number of ether oxygens (including phenoxy) is 1. The van der Waals surface area contributed by atoms with Crippen LogP contribution in [0.4, 0.5) is 0 Å². The van der Waals surface area contributed by atoms with Crippen molar-refractivity contribution in [3.05, 3.63) is 23.8 Å². The molecule has 1 saturated carbocycles. The van der Waals surface area contributed by atoms with Crippen molar-refractivity contribution in [2.75, 3.05) is 7.11 Å². The minimum Gasteiger partial charge on any atom is -0.507 e. The number of phenols is 1. The molecule has 19 heavy (non-hydrogen) atoms. The molecule has 1 fully saturated rings. The summed E-state index contributed by atoms with van der Waals surface area (Å²) < 4.78 is 5.09. The maximum absolute atomic E-state index is 9.93. The van der Waals surface area contributed by atoms with Crippen molar-refractivity contribution in [1.29, 1.82) is 0 Å². The third kappa shape index (κ3) is 3.63. The second-order valence-corrected chi connectivity index (χ2v) is 5.84. The molecule has 0 aliphatic heterocycles. The molecule has 0 aromatic heterocycles. The molecule has 3 heteroatoms. The Balaban J connectivity index is 1.88. The molecule has 0 radical (unpaired) electrons. The molecule has 0 bridgehead atoms. The van der Waals surface area contributed by atoms with Crippen molar-refractivity contribution in [3.8, 4) is 11.5 Å². The van der Waals surface area contributed by atoms with Crippen LogP contribution in [0.3, 0.4) is 0 Å². The number of benzene rings is 1. The van der Waals surface area contributed by atoms with Crippen LogP contribution in [0.1, 0.15) is 38.7 Å². The average Bonchev–Trinajstić information content (AvgIpc) is 2.41. The van der Waals surface area contributed by atoms with E-state index in [2.05, 4.69) is 19.2 Å². The van der Waals surface area contributed by atoms with Crippen LogP contribution >= 0.6 is 0 Å². The van der Waals surface area contributed by atoms with Crippen LogP contribution in [0.25, 0.3) is 0 Å². The number of aromatic hydroxyl groups is 1. The lowest BCUT2D eigenvalue weighted by molar-refractivity contribution is 0.225.